The Morgan fingerprint density at radius 3 is 1.05 bits per heavy atom. The van der Waals surface area contributed by atoms with Crippen LogP contribution < -0.4 is 22.9 Å². The molecule has 15 atom stereocenters. The summed E-state index contributed by atoms with van der Waals surface area (Å²) in [5, 5.41) is 0. The first-order chi connectivity index (χ1) is 44.4. The SMILES string of the molecule is C[C@H](C1CC1)N1CC[C@@]2(C)c3cc(C(N)=O)ccc3CC1[C@@H]2C.C[C@H]1C2Cc3ccc(C(N)=O)cc3[C@]1(C)CCN2CC1CC1.C[C@H]1[C@H]2Cc3ccc(C(N)=O)cc3[C@]1(C)CCN2C[C@@H]1CCCO1.C[C@H]1[C@H]2Cc3ccc(C(N)=O)cc3[C@]1(C)CCN2C[C@H]1CCCO1. The summed E-state index contributed by atoms with van der Waals surface area (Å²) < 4.78 is 11.7. The molecule has 6 aliphatic carbocycles. The lowest BCUT2D eigenvalue weighted by atomic mass is 9.58. The minimum Gasteiger partial charge on any atom is -0.377 e. The van der Waals surface area contributed by atoms with E-state index in [1.165, 1.54) is 128 Å². The molecule has 4 aromatic carbocycles. The monoisotopic (exact) mass is 1270 g/mol. The average Bonchev–Trinajstić information content (AvgIpc) is 1.15. The first-order valence-corrected chi connectivity index (χ1v) is 36.3. The summed E-state index contributed by atoms with van der Waals surface area (Å²) in [6.45, 7) is 31.4. The molecule has 16 rings (SSSR count). The number of likely N-dealkylation sites (tertiary alicyclic amines) is 4. The van der Waals surface area contributed by atoms with Crippen LogP contribution in [-0.4, -0.2) is 145 Å². The van der Waals surface area contributed by atoms with Crippen molar-refractivity contribution in [2.75, 3.05) is 59.0 Å². The molecule has 6 heterocycles. The molecular weight excluding hydrogens is 1160 g/mol. The number of piperidine rings is 4. The van der Waals surface area contributed by atoms with Crippen LogP contribution in [0.15, 0.2) is 72.8 Å². The summed E-state index contributed by atoms with van der Waals surface area (Å²) in [4.78, 5) is 57.2. The maximum absolute atomic E-state index is 11.6. The predicted octanol–water partition coefficient (Wildman–Crippen LogP) is 10.8. The highest BCUT2D eigenvalue weighted by Crippen LogP contribution is 2.54. The van der Waals surface area contributed by atoms with Crippen LogP contribution >= 0.6 is 0 Å². The van der Waals surface area contributed by atoms with Crippen LogP contribution in [0.4, 0.5) is 0 Å². The fraction of sp³-hybridized carbons (Fsp3) is 0.646. The zero-order chi connectivity index (χ0) is 65.6. The van der Waals surface area contributed by atoms with Crippen molar-refractivity contribution < 1.29 is 28.7 Å². The molecule has 93 heavy (non-hydrogen) atoms. The highest BCUT2D eigenvalue weighted by atomic mass is 16.5. The number of benzene rings is 4. The molecule has 14 nitrogen and oxygen atoms in total. The van der Waals surface area contributed by atoms with Gasteiger partial charge in [0, 0.05) is 85.3 Å². The zero-order valence-electron chi connectivity index (χ0n) is 57.7. The number of rotatable bonds is 12. The van der Waals surface area contributed by atoms with E-state index in [-0.39, 0.29) is 45.3 Å². The minimum atomic E-state index is -0.327. The summed E-state index contributed by atoms with van der Waals surface area (Å²) in [5.41, 5.74) is 36.3. The quantitative estimate of drug-likeness (QED) is 0.106. The Morgan fingerprint density at radius 1 is 0.441 bits per heavy atom. The molecule has 14 heteroatoms. The van der Waals surface area contributed by atoms with Crippen LogP contribution in [0.3, 0.4) is 0 Å². The molecule has 502 valence electrons. The van der Waals surface area contributed by atoms with Crippen molar-refractivity contribution in [2.45, 2.75) is 229 Å². The molecule has 6 aliphatic heterocycles. The van der Waals surface area contributed by atoms with E-state index in [4.69, 9.17) is 32.4 Å². The van der Waals surface area contributed by atoms with Crippen LogP contribution in [0, 0.1) is 35.5 Å². The van der Waals surface area contributed by atoms with Crippen molar-refractivity contribution in [2.24, 2.45) is 58.4 Å². The van der Waals surface area contributed by atoms with Gasteiger partial charge in [0.05, 0.1) is 12.2 Å². The zero-order valence-corrected chi connectivity index (χ0v) is 57.7. The van der Waals surface area contributed by atoms with Crippen molar-refractivity contribution in [3.63, 3.8) is 0 Å². The lowest BCUT2D eigenvalue weighted by Crippen LogP contribution is -2.60. The highest BCUT2D eigenvalue weighted by Gasteiger charge is 2.54. The molecule has 2 unspecified atom stereocenters. The number of nitrogens with zero attached hydrogens (tertiary/aromatic N) is 4. The molecule has 8 fully saturated rings. The van der Waals surface area contributed by atoms with Crippen molar-refractivity contribution in [1.82, 2.24) is 19.6 Å². The number of hydrogen-bond acceptors (Lipinski definition) is 10. The van der Waals surface area contributed by atoms with Crippen molar-refractivity contribution >= 4 is 23.6 Å². The van der Waals surface area contributed by atoms with Crippen molar-refractivity contribution in [3.8, 4) is 0 Å². The van der Waals surface area contributed by atoms with Gasteiger partial charge in [-0.05, 0) is 286 Å². The summed E-state index contributed by atoms with van der Waals surface area (Å²) in [5.74, 6) is 2.99. The van der Waals surface area contributed by atoms with E-state index in [9.17, 15) is 19.2 Å². The van der Waals surface area contributed by atoms with Gasteiger partial charge in [0.1, 0.15) is 0 Å². The molecule has 12 aliphatic rings. The number of hydrogen-bond donors (Lipinski definition) is 4. The standard InChI is InChI=1S/2C20H28N2O2.C20H28N2O.C19H26N2O/c2*1-13-18-11-14-5-6-15(19(21)23)10-17(14)20(13,2)7-8-22(18)12-16-4-3-9-24-16;1-12-18-11-15-6-7-16(19(21)23)10-17(15)20(12,3)8-9-22(18)13(2)14-4-5-14;1-12-17-10-14-5-6-15(18(20)22)9-16(14)19(12,2)7-8-21(17)11-13-3-4-13/h2*5-6,10,13,16,18H,3-4,7-9,11-12H2,1-2H3,(H2,21,23);6-7,10,12-14,18H,4-5,8-9,11H2,1-3H3,(H2,21,23);5-6,9,12-13,17H,3-4,7-8,10-11H2,1-2H3,(H2,20,22)/t13-,16+,18+,20+;13-,16-,18+,20+;12-,13+,18?,20+;12-,17?,19+/m0000/s1. The second kappa shape index (κ2) is 25.8. The molecule has 0 spiro atoms. The molecule has 8 N–H and O–H groups in total. The van der Waals surface area contributed by atoms with Crippen LogP contribution in [-0.2, 0) is 56.8 Å². The Hall–Kier alpha value is -5.48. The minimum absolute atomic E-state index is 0.136. The molecule has 0 aromatic heterocycles. The fourth-order valence-electron chi connectivity index (χ4n) is 20.2. The van der Waals surface area contributed by atoms with Crippen molar-refractivity contribution in [3.05, 3.63) is 140 Å². The van der Waals surface area contributed by atoms with E-state index in [1.54, 1.807) is 0 Å². The second-order valence-corrected chi connectivity index (χ2v) is 32.4. The summed E-state index contributed by atoms with van der Waals surface area (Å²) in [6.07, 6.45) is 20.3. The molecule has 4 aromatic rings. The van der Waals surface area contributed by atoms with Crippen LogP contribution in [0.2, 0.25) is 0 Å². The van der Waals surface area contributed by atoms with Gasteiger partial charge in [-0.25, -0.2) is 0 Å². The van der Waals surface area contributed by atoms with Gasteiger partial charge in [-0.3, -0.25) is 38.8 Å². The molecule has 6 saturated heterocycles. The Labute approximate surface area is 555 Å². The van der Waals surface area contributed by atoms with E-state index in [0.717, 1.165) is 95.8 Å². The number of amides is 4. The van der Waals surface area contributed by atoms with Crippen LogP contribution in [0.25, 0.3) is 0 Å². The normalized spacial score (nSPS) is 35.1. The number of ether oxygens (including phenoxy) is 2. The van der Waals surface area contributed by atoms with E-state index < -0.39 is 0 Å². The van der Waals surface area contributed by atoms with Gasteiger partial charge < -0.3 is 32.4 Å². The van der Waals surface area contributed by atoms with Gasteiger partial charge in [-0.15, -0.1) is 0 Å². The van der Waals surface area contributed by atoms with E-state index in [0.29, 0.717) is 82.3 Å². The average molecular weight is 1270 g/mol. The smallest absolute Gasteiger partial charge is 0.248 e. The summed E-state index contributed by atoms with van der Waals surface area (Å²) in [7, 11) is 0. The number of nitrogens with two attached hydrogens (primary N) is 4. The van der Waals surface area contributed by atoms with Gasteiger partial charge in [0.2, 0.25) is 23.6 Å². The Morgan fingerprint density at radius 2 is 0.753 bits per heavy atom. The first-order valence-electron chi connectivity index (χ1n) is 36.3. The third kappa shape index (κ3) is 12.5. The van der Waals surface area contributed by atoms with Gasteiger partial charge >= 0.3 is 0 Å². The lowest BCUT2D eigenvalue weighted by Gasteiger charge is -2.56. The number of primary amides is 4. The summed E-state index contributed by atoms with van der Waals surface area (Å²) >= 11 is 0. The molecule has 4 amide bonds. The molecule has 8 bridgehead atoms. The van der Waals surface area contributed by atoms with Gasteiger partial charge in [0.15, 0.2) is 0 Å². The summed E-state index contributed by atoms with van der Waals surface area (Å²) in [6, 6.07) is 27.6. The van der Waals surface area contributed by atoms with Gasteiger partial charge in [-0.2, -0.15) is 0 Å². The van der Waals surface area contributed by atoms with Crippen molar-refractivity contribution in [1.29, 1.82) is 0 Å². The Balaban J connectivity index is 0.000000113. The second-order valence-electron chi connectivity index (χ2n) is 32.4. The number of carbonyl (C=O) groups excluding carboxylic acids is 4. The predicted molar refractivity (Wildman–Crippen MR) is 369 cm³/mol. The topological polar surface area (TPSA) is 204 Å². The largest absolute Gasteiger partial charge is 0.377 e. The molecule has 2 saturated carbocycles. The first kappa shape index (κ1) is 66.1. The third-order valence-corrected chi connectivity index (χ3v) is 27.5. The van der Waals surface area contributed by atoms with E-state index in [1.807, 2.05) is 24.3 Å². The number of fused-ring (bicyclic) bond motifs is 16. The number of carbonyl (C=O) groups is 4. The fourth-order valence-corrected chi connectivity index (χ4v) is 20.2. The molecular formula is C79H110N8O6. The Kier molecular flexibility index (Phi) is 18.4. The third-order valence-electron chi connectivity index (χ3n) is 27.5. The van der Waals surface area contributed by atoms with E-state index >= 15 is 0 Å². The Bertz CT molecular complexity index is 3370. The van der Waals surface area contributed by atoms with E-state index in [2.05, 4.69) is 130 Å². The lowest BCUT2D eigenvalue weighted by molar-refractivity contribution is -0.00667. The van der Waals surface area contributed by atoms with Gasteiger partial charge in [0.25, 0.3) is 0 Å². The maximum Gasteiger partial charge on any atom is 0.248 e. The van der Waals surface area contributed by atoms with Crippen LogP contribution in [0.5, 0.6) is 0 Å². The maximum atomic E-state index is 11.6. The highest BCUT2D eigenvalue weighted by molar-refractivity contribution is 5.95. The van der Waals surface area contributed by atoms with Crippen LogP contribution in [0.1, 0.15) is 225 Å². The molecule has 0 radical (unpaired) electrons. The van der Waals surface area contributed by atoms with Gasteiger partial charge in [-0.1, -0.05) is 79.7 Å².